The summed E-state index contributed by atoms with van der Waals surface area (Å²) >= 11 is 5.76. The molecule has 20 heavy (non-hydrogen) atoms. The topological polar surface area (TPSA) is 49.4 Å². The highest BCUT2D eigenvalue weighted by Gasteiger charge is 2.22. The van der Waals surface area contributed by atoms with Crippen molar-refractivity contribution in [2.45, 2.75) is 31.7 Å². The van der Waals surface area contributed by atoms with Crippen LogP contribution in [0.2, 0.25) is 0 Å². The molecule has 108 valence electrons. The van der Waals surface area contributed by atoms with Gasteiger partial charge in [-0.1, -0.05) is 12.1 Å². The minimum absolute atomic E-state index is 0.0655. The van der Waals surface area contributed by atoms with Crippen molar-refractivity contribution >= 4 is 23.4 Å². The number of halogens is 1. The van der Waals surface area contributed by atoms with Crippen molar-refractivity contribution in [3.8, 4) is 0 Å². The highest BCUT2D eigenvalue weighted by molar-refractivity contribution is 6.17. The van der Waals surface area contributed by atoms with Crippen LogP contribution < -0.4 is 5.32 Å². The van der Waals surface area contributed by atoms with Gasteiger partial charge >= 0.3 is 0 Å². The molecule has 1 aromatic rings. The Morgan fingerprint density at radius 3 is 2.95 bits per heavy atom. The molecule has 5 heteroatoms. The van der Waals surface area contributed by atoms with Gasteiger partial charge in [-0.2, -0.15) is 0 Å². The monoisotopic (exact) mass is 294 g/mol. The number of likely N-dealkylation sites (tertiary alicyclic amines) is 1. The molecule has 1 heterocycles. The number of alkyl halides is 1. The van der Waals surface area contributed by atoms with Crippen LogP contribution in [0.1, 0.15) is 35.7 Å². The van der Waals surface area contributed by atoms with Gasteiger partial charge in [-0.05, 0) is 31.0 Å². The molecule has 0 spiro atoms. The number of hydrogen-bond donors (Lipinski definition) is 1. The largest absolute Gasteiger partial charge is 0.348 e. The summed E-state index contributed by atoms with van der Waals surface area (Å²) in [5.74, 6) is 0.435. The summed E-state index contributed by atoms with van der Waals surface area (Å²) in [6.07, 6.45) is 1.54. The highest BCUT2D eigenvalue weighted by Crippen LogP contribution is 2.11. The maximum Gasteiger partial charge on any atom is 0.251 e. The van der Waals surface area contributed by atoms with Crippen molar-refractivity contribution in [1.29, 1.82) is 0 Å². The van der Waals surface area contributed by atoms with Crippen molar-refractivity contribution in [1.82, 2.24) is 10.2 Å². The molecule has 1 atom stereocenters. The summed E-state index contributed by atoms with van der Waals surface area (Å²) in [7, 11) is 0. The van der Waals surface area contributed by atoms with Crippen LogP contribution in [0, 0.1) is 0 Å². The Balaban J connectivity index is 1.91. The van der Waals surface area contributed by atoms with Gasteiger partial charge in [0.15, 0.2) is 0 Å². The summed E-state index contributed by atoms with van der Waals surface area (Å²) in [6.45, 7) is 3.27. The maximum absolute atomic E-state index is 12.1. The fraction of sp³-hybridized carbons (Fsp3) is 0.467. The molecule has 1 aromatic carbocycles. The molecule has 1 aliphatic heterocycles. The maximum atomic E-state index is 12.1. The second-order valence-corrected chi connectivity index (χ2v) is 5.42. The average Bonchev–Trinajstić information content (AvgIpc) is 2.84. The number of carbonyl (C=O) groups excluding carboxylic acids is 2. The molecule has 2 amide bonds. The third kappa shape index (κ3) is 3.73. The fourth-order valence-electron chi connectivity index (χ4n) is 2.38. The zero-order valence-electron chi connectivity index (χ0n) is 11.6. The van der Waals surface area contributed by atoms with Crippen LogP contribution in [0.5, 0.6) is 0 Å². The van der Waals surface area contributed by atoms with Crippen LogP contribution in [0.15, 0.2) is 24.3 Å². The van der Waals surface area contributed by atoms with E-state index in [0.717, 1.165) is 18.5 Å². The lowest BCUT2D eigenvalue weighted by atomic mass is 10.1. The van der Waals surface area contributed by atoms with E-state index in [2.05, 4.69) is 5.32 Å². The van der Waals surface area contributed by atoms with E-state index in [1.54, 1.807) is 17.0 Å². The smallest absolute Gasteiger partial charge is 0.251 e. The summed E-state index contributed by atoms with van der Waals surface area (Å²) < 4.78 is 0. The van der Waals surface area contributed by atoms with Crippen LogP contribution in [-0.2, 0) is 10.7 Å². The molecular weight excluding hydrogens is 276 g/mol. The van der Waals surface area contributed by atoms with E-state index < -0.39 is 0 Å². The number of rotatable bonds is 5. The third-order valence-corrected chi connectivity index (χ3v) is 3.70. The van der Waals surface area contributed by atoms with Gasteiger partial charge in [0.2, 0.25) is 5.91 Å². The Labute approximate surface area is 124 Å². The Bertz CT molecular complexity index is 504. The lowest BCUT2D eigenvalue weighted by molar-refractivity contribution is -0.127. The minimum Gasteiger partial charge on any atom is -0.348 e. The fourth-order valence-corrected chi connectivity index (χ4v) is 2.54. The van der Waals surface area contributed by atoms with E-state index in [1.165, 1.54) is 0 Å². The van der Waals surface area contributed by atoms with Crippen molar-refractivity contribution in [2.75, 3.05) is 13.1 Å². The van der Waals surface area contributed by atoms with Gasteiger partial charge in [-0.15, -0.1) is 11.6 Å². The number of nitrogens with zero attached hydrogens (tertiary/aromatic N) is 1. The molecular formula is C15H19ClN2O2. The number of hydrogen-bond acceptors (Lipinski definition) is 2. The number of benzene rings is 1. The predicted octanol–water partition coefficient (Wildman–Crippen LogP) is 2.17. The molecule has 1 unspecified atom stereocenters. The summed E-state index contributed by atoms with van der Waals surface area (Å²) in [5.41, 5.74) is 1.52. The van der Waals surface area contributed by atoms with Crippen molar-refractivity contribution in [2.24, 2.45) is 0 Å². The van der Waals surface area contributed by atoms with Crippen molar-refractivity contribution in [3.63, 3.8) is 0 Å². The van der Waals surface area contributed by atoms with E-state index in [4.69, 9.17) is 11.6 Å². The van der Waals surface area contributed by atoms with E-state index in [0.29, 0.717) is 24.4 Å². The van der Waals surface area contributed by atoms with Crippen LogP contribution in [0.4, 0.5) is 0 Å². The van der Waals surface area contributed by atoms with Gasteiger partial charge in [-0.3, -0.25) is 9.59 Å². The zero-order chi connectivity index (χ0) is 14.5. The third-order valence-electron chi connectivity index (χ3n) is 3.39. The number of amides is 2. The van der Waals surface area contributed by atoms with Crippen LogP contribution >= 0.6 is 11.6 Å². The summed E-state index contributed by atoms with van der Waals surface area (Å²) in [6, 6.07) is 7.19. The van der Waals surface area contributed by atoms with Gasteiger partial charge in [0.25, 0.3) is 5.91 Å². The quantitative estimate of drug-likeness (QED) is 0.846. The van der Waals surface area contributed by atoms with Crippen molar-refractivity contribution < 1.29 is 9.59 Å². The first-order valence-corrected chi connectivity index (χ1v) is 7.37. The Hall–Kier alpha value is -1.55. The predicted molar refractivity (Wildman–Crippen MR) is 78.7 cm³/mol. The molecule has 1 N–H and O–H groups in total. The van der Waals surface area contributed by atoms with E-state index in [9.17, 15) is 9.59 Å². The second kappa shape index (κ2) is 6.75. The van der Waals surface area contributed by atoms with Gasteiger partial charge in [-0.25, -0.2) is 0 Å². The first kappa shape index (κ1) is 14.9. The number of carbonyl (C=O) groups is 2. The molecule has 4 nitrogen and oxygen atoms in total. The molecule has 0 saturated carbocycles. The molecule has 0 aliphatic carbocycles. The minimum atomic E-state index is -0.129. The van der Waals surface area contributed by atoms with Gasteiger partial charge in [0, 0.05) is 37.0 Å². The molecule has 0 radical (unpaired) electrons. The first-order valence-electron chi connectivity index (χ1n) is 6.83. The van der Waals surface area contributed by atoms with E-state index >= 15 is 0 Å². The lowest BCUT2D eigenvalue weighted by Crippen LogP contribution is -2.42. The van der Waals surface area contributed by atoms with Gasteiger partial charge < -0.3 is 10.2 Å². The first-order chi connectivity index (χ1) is 9.60. The molecule has 1 fully saturated rings. The summed E-state index contributed by atoms with van der Waals surface area (Å²) in [5, 5.41) is 2.92. The normalized spacial score (nSPS) is 16.3. The second-order valence-electron chi connectivity index (χ2n) is 5.15. The number of nitrogens with one attached hydrogen (secondary N) is 1. The Kier molecular flexibility index (Phi) is 5.01. The zero-order valence-corrected chi connectivity index (χ0v) is 12.3. The SMILES string of the molecule is CC(CN1CCCC1=O)NC(=O)c1cccc(CCl)c1. The van der Waals surface area contributed by atoms with Crippen LogP contribution in [-0.4, -0.2) is 35.8 Å². The molecule has 1 aliphatic rings. The molecule has 1 saturated heterocycles. The standard InChI is InChI=1S/C15H19ClN2O2/c1-11(10-18-7-3-6-14(18)19)17-15(20)13-5-2-4-12(8-13)9-16/h2,4-5,8,11H,3,6-7,9-10H2,1H3,(H,17,20). The highest BCUT2D eigenvalue weighted by atomic mass is 35.5. The Morgan fingerprint density at radius 1 is 1.50 bits per heavy atom. The van der Waals surface area contributed by atoms with E-state index in [-0.39, 0.29) is 17.9 Å². The van der Waals surface area contributed by atoms with Crippen molar-refractivity contribution in [3.05, 3.63) is 35.4 Å². The molecule has 0 bridgehead atoms. The van der Waals surface area contributed by atoms with Gasteiger partial charge in [0.05, 0.1) is 0 Å². The lowest BCUT2D eigenvalue weighted by Gasteiger charge is -2.21. The average molecular weight is 295 g/mol. The Morgan fingerprint density at radius 2 is 2.30 bits per heavy atom. The summed E-state index contributed by atoms with van der Waals surface area (Å²) in [4.78, 5) is 25.5. The molecule has 2 rings (SSSR count). The van der Waals surface area contributed by atoms with Crippen LogP contribution in [0.25, 0.3) is 0 Å². The van der Waals surface area contributed by atoms with E-state index in [1.807, 2.05) is 19.1 Å². The van der Waals surface area contributed by atoms with Crippen LogP contribution in [0.3, 0.4) is 0 Å². The van der Waals surface area contributed by atoms with Gasteiger partial charge in [0.1, 0.15) is 0 Å². The molecule has 0 aromatic heterocycles.